The van der Waals surface area contributed by atoms with Crippen molar-refractivity contribution in [1.29, 1.82) is 0 Å². The van der Waals surface area contributed by atoms with Crippen LogP contribution in [0.3, 0.4) is 0 Å². The van der Waals surface area contributed by atoms with E-state index < -0.39 is 6.67 Å². The van der Waals surface area contributed by atoms with E-state index in [9.17, 15) is 4.39 Å². The molecule has 4 heteroatoms. The Kier molecular flexibility index (Phi) is 2.04. The molecule has 0 amide bonds. The Morgan fingerprint density at radius 1 is 1.15 bits per heavy atom. The Bertz CT molecular complexity index is 354. The average Bonchev–Trinajstić information content (AvgIpc) is 2.71. The minimum atomic E-state index is -0.439. The molecule has 65 valence electrons. The number of halogens is 1. The molecule has 0 atom stereocenters. The third-order valence-electron chi connectivity index (χ3n) is 1.79. The molecule has 3 nitrogen and oxygen atoms in total. The minimum Gasteiger partial charge on any atom is -0.246 e. The molecule has 1 heterocycles. The molecule has 0 saturated heterocycles. The van der Waals surface area contributed by atoms with Gasteiger partial charge in [0.2, 0.25) is 0 Å². The molecule has 1 aromatic rings. The number of nitrogens with zero attached hydrogens (tertiary/aromatic N) is 3. The van der Waals surface area contributed by atoms with Crippen molar-refractivity contribution in [3.63, 3.8) is 0 Å². The van der Waals surface area contributed by atoms with E-state index >= 15 is 0 Å². The summed E-state index contributed by atoms with van der Waals surface area (Å²) in [7, 11) is 0. The first-order valence-electron chi connectivity index (χ1n) is 3.86. The van der Waals surface area contributed by atoms with E-state index in [0.717, 1.165) is 5.56 Å². The first-order chi connectivity index (χ1) is 6.40. The van der Waals surface area contributed by atoms with Gasteiger partial charge in [0.25, 0.3) is 0 Å². The molecule has 0 fully saturated rings. The van der Waals surface area contributed by atoms with Crippen LogP contribution in [0, 0.1) is 0 Å². The first-order valence-corrected chi connectivity index (χ1v) is 3.86. The van der Waals surface area contributed by atoms with Crippen LogP contribution in [0.4, 0.5) is 4.39 Å². The highest BCUT2D eigenvalue weighted by atomic mass is 19.1. The smallest absolute Gasteiger partial charge is 0.115 e. The molecule has 0 spiro atoms. The van der Waals surface area contributed by atoms with Crippen molar-refractivity contribution < 1.29 is 4.39 Å². The molecule has 0 unspecified atom stereocenters. The summed E-state index contributed by atoms with van der Waals surface area (Å²) in [4.78, 5) is 0. The lowest BCUT2D eigenvalue weighted by Crippen LogP contribution is -1.82. The summed E-state index contributed by atoms with van der Waals surface area (Å²) in [6.07, 6.45) is 1.57. The van der Waals surface area contributed by atoms with Crippen molar-refractivity contribution in [2.24, 2.45) is 10.3 Å². The van der Waals surface area contributed by atoms with Crippen LogP contribution < -0.4 is 5.43 Å². The van der Waals surface area contributed by atoms with E-state index in [-0.39, 0.29) is 0 Å². The van der Waals surface area contributed by atoms with Crippen LogP contribution in [-0.4, -0.2) is 0 Å². The molecule has 1 aliphatic rings. The summed E-state index contributed by atoms with van der Waals surface area (Å²) in [5, 5.41) is 7.25. The standard InChI is InChI=1S/C9H7FN3/c10-5-7-1-3-8(4-2-7)9-6-11-13-12-9/h1-4,6H,5H2. The lowest BCUT2D eigenvalue weighted by atomic mass is 10.1. The molecule has 1 radical (unpaired) electrons. The van der Waals surface area contributed by atoms with Crippen LogP contribution in [0.1, 0.15) is 11.1 Å². The number of hydrogen-bond donors (Lipinski definition) is 0. The van der Waals surface area contributed by atoms with Gasteiger partial charge in [0, 0.05) is 5.56 Å². The Balaban J connectivity index is 2.27. The molecule has 0 N–H and O–H groups in total. The molecule has 0 aromatic heterocycles. The van der Waals surface area contributed by atoms with Gasteiger partial charge in [-0.3, -0.25) is 0 Å². The Labute approximate surface area is 75.0 Å². The second-order valence-corrected chi connectivity index (χ2v) is 2.65. The van der Waals surface area contributed by atoms with E-state index in [1.165, 1.54) is 0 Å². The number of alkyl halides is 1. The molecular formula is C9H7FN3. The summed E-state index contributed by atoms with van der Waals surface area (Å²) >= 11 is 0. The van der Waals surface area contributed by atoms with Gasteiger partial charge < -0.3 is 0 Å². The largest absolute Gasteiger partial charge is 0.246 e. The maximum Gasteiger partial charge on any atom is 0.115 e. The van der Waals surface area contributed by atoms with E-state index in [1.807, 2.05) is 0 Å². The summed E-state index contributed by atoms with van der Waals surface area (Å²) < 4.78 is 12.2. The van der Waals surface area contributed by atoms with Gasteiger partial charge in [0.15, 0.2) is 0 Å². The Morgan fingerprint density at radius 2 is 1.92 bits per heavy atom. The van der Waals surface area contributed by atoms with Crippen molar-refractivity contribution in [2.75, 3.05) is 0 Å². The quantitative estimate of drug-likeness (QED) is 0.663. The van der Waals surface area contributed by atoms with Gasteiger partial charge in [0.1, 0.15) is 12.4 Å². The van der Waals surface area contributed by atoms with E-state index in [0.29, 0.717) is 11.3 Å². The SMILES string of the molecule is FCc1ccc(C2=C[N]N=N2)cc1. The maximum absolute atomic E-state index is 12.2. The highest BCUT2D eigenvalue weighted by Crippen LogP contribution is 2.19. The average molecular weight is 176 g/mol. The number of benzene rings is 1. The summed E-state index contributed by atoms with van der Waals surface area (Å²) in [5.74, 6) is 0. The molecule has 13 heavy (non-hydrogen) atoms. The van der Waals surface area contributed by atoms with Crippen LogP contribution in [0.15, 0.2) is 40.8 Å². The number of hydrogen-bond acceptors (Lipinski definition) is 2. The fourth-order valence-electron chi connectivity index (χ4n) is 1.08. The highest BCUT2D eigenvalue weighted by Gasteiger charge is 2.04. The van der Waals surface area contributed by atoms with Crippen molar-refractivity contribution in [1.82, 2.24) is 5.43 Å². The molecule has 0 aliphatic carbocycles. The summed E-state index contributed by atoms with van der Waals surface area (Å²) in [6, 6.07) is 7.06. The third kappa shape index (κ3) is 1.56. The van der Waals surface area contributed by atoms with Gasteiger partial charge in [-0.2, -0.15) is 0 Å². The number of rotatable bonds is 2. The topological polar surface area (TPSA) is 38.8 Å². The molecule has 1 aliphatic heterocycles. The van der Waals surface area contributed by atoms with E-state index in [2.05, 4.69) is 15.8 Å². The van der Waals surface area contributed by atoms with Crippen LogP contribution in [0.2, 0.25) is 0 Å². The van der Waals surface area contributed by atoms with Crippen molar-refractivity contribution in [2.45, 2.75) is 6.67 Å². The van der Waals surface area contributed by atoms with Gasteiger partial charge >= 0.3 is 0 Å². The first kappa shape index (κ1) is 7.91. The fraction of sp³-hybridized carbons (Fsp3) is 0.111. The van der Waals surface area contributed by atoms with Gasteiger partial charge in [-0.05, 0) is 10.8 Å². The van der Waals surface area contributed by atoms with E-state index in [4.69, 9.17) is 0 Å². The van der Waals surface area contributed by atoms with Gasteiger partial charge in [-0.25, -0.2) is 4.39 Å². The highest BCUT2D eigenvalue weighted by molar-refractivity contribution is 5.64. The third-order valence-corrected chi connectivity index (χ3v) is 1.79. The zero-order chi connectivity index (χ0) is 9.10. The second-order valence-electron chi connectivity index (χ2n) is 2.65. The van der Waals surface area contributed by atoms with Gasteiger partial charge in [0.05, 0.1) is 6.20 Å². The Morgan fingerprint density at radius 3 is 2.46 bits per heavy atom. The Hall–Kier alpha value is -1.71. The zero-order valence-electron chi connectivity index (χ0n) is 6.81. The van der Waals surface area contributed by atoms with E-state index in [1.54, 1.807) is 30.5 Å². The van der Waals surface area contributed by atoms with Gasteiger partial charge in [-0.15, -0.1) is 10.5 Å². The second kappa shape index (κ2) is 3.35. The van der Waals surface area contributed by atoms with Crippen molar-refractivity contribution in [3.8, 4) is 0 Å². The van der Waals surface area contributed by atoms with Crippen LogP contribution in [0.25, 0.3) is 5.70 Å². The molecule has 0 bridgehead atoms. The predicted molar refractivity (Wildman–Crippen MR) is 46.2 cm³/mol. The summed E-state index contributed by atoms with van der Waals surface area (Å²) in [5.41, 5.74) is 5.89. The van der Waals surface area contributed by atoms with Crippen LogP contribution in [-0.2, 0) is 6.67 Å². The van der Waals surface area contributed by atoms with Crippen LogP contribution >= 0.6 is 0 Å². The summed E-state index contributed by atoms with van der Waals surface area (Å²) in [6.45, 7) is -0.439. The fourth-order valence-corrected chi connectivity index (χ4v) is 1.08. The van der Waals surface area contributed by atoms with Crippen molar-refractivity contribution >= 4 is 5.70 Å². The molecule has 2 rings (SSSR count). The minimum absolute atomic E-state index is 0.439. The zero-order valence-corrected chi connectivity index (χ0v) is 6.81. The van der Waals surface area contributed by atoms with Gasteiger partial charge in [-0.1, -0.05) is 24.3 Å². The van der Waals surface area contributed by atoms with Crippen LogP contribution in [0.5, 0.6) is 0 Å². The molecule has 1 aromatic carbocycles. The maximum atomic E-state index is 12.2. The molecular weight excluding hydrogens is 169 g/mol. The lowest BCUT2D eigenvalue weighted by Gasteiger charge is -1.97. The monoisotopic (exact) mass is 176 g/mol. The lowest BCUT2D eigenvalue weighted by molar-refractivity contribution is 0.485. The normalized spacial score (nSPS) is 14.1. The molecule has 0 saturated carbocycles. The van der Waals surface area contributed by atoms with Crippen molar-refractivity contribution in [3.05, 3.63) is 41.6 Å². The predicted octanol–water partition coefficient (Wildman–Crippen LogP) is 2.44.